The van der Waals surface area contributed by atoms with Crippen molar-refractivity contribution in [3.8, 4) is 0 Å². The summed E-state index contributed by atoms with van der Waals surface area (Å²) < 4.78 is 32.6. The molecule has 1 rings (SSSR count). The first-order chi connectivity index (χ1) is 5.47. The molecule has 0 saturated carbocycles. The summed E-state index contributed by atoms with van der Waals surface area (Å²) in [5, 5.41) is 0. The molecular formula is C7H8NNaO3S. The van der Waals surface area contributed by atoms with Gasteiger partial charge in [-0.05, 0) is 24.6 Å². The first kappa shape index (κ1) is 12.9. The molecule has 0 aliphatic rings. The number of benzene rings is 1. The third-order valence-corrected chi connectivity index (χ3v) is 1.75. The molecule has 0 aliphatic heterocycles. The van der Waals surface area contributed by atoms with E-state index in [1.54, 1.807) is 12.1 Å². The minimum Gasteiger partial charge on any atom is -0.731 e. The second kappa shape index (κ2) is 4.97. The van der Waals surface area contributed by atoms with Crippen molar-refractivity contribution in [1.82, 2.24) is 0 Å². The van der Waals surface area contributed by atoms with E-state index in [0.29, 0.717) is 5.69 Å². The van der Waals surface area contributed by atoms with Gasteiger partial charge in [-0.15, -0.1) is 0 Å². The molecule has 0 fully saturated rings. The van der Waals surface area contributed by atoms with E-state index in [0.717, 1.165) is 5.56 Å². The van der Waals surface area contributed by atoms with Crippen LogP contribution in [-0.4, -0.2) is 13.0 Å². The summed E-state index contributed by atoms with van der Waals surface area (Å²) in [5.41, 5.74) is 1.19. The average molecular weight is 209 g/mol. The van der Waals surface area contributed by atoms with Crippen LogP contribution >= 0.6 is 0 Å². The van der Waals surface area contributed by atoms with Crippen LogP contribution in [0.3, 0.4) is 0 Å². The maximum Gasteiger partial charge on any atom is 1.00 e. The Balaban J connectivity index is 0.00000144. The zero-order valence-corrected chi connectivity index (χ0v) is 10.3. The molecule has 1 N–H and O–H groups in total. The summed E-state index contributed by atoms with van der Waals surface area (Å²) in [7, 11) is -4.39. The van der Waals surface area contributed by atoms with Crippen LogP contribution in [-0.2, 0) is 10.3 Å². The maximum absolute atomic E-state index is 10.2. The van der Waals surface area contributed by atoms with Crippen LogP contribution in [0.2, 0.25) is 0 Å². The van der Waals surface area contributed by atoms with Crippen molar-refractivity contribution in [3.05, 3.63) is 29.8 Å². The molecule has 0 radical (unpaired) electrons. The smallest absolute Gasteiger partial charge is 0.731 e. The Morgan fingerprint density at radius 3 is 2.46 bits per heavy atom. The predicted octanol–water partition coefficient (Wildman–Crippen LogP) is -2.13. The van der Waals surface area contributed by atoms with Gasteiger partial charge in [-0.25, -0.2) is 8.42 Å². The molecule has 0 heterocycles. The first-order valence-corrected chi connectivity index (χ1v) is 4.68. The second-order valence-corrected chi connectivity index (χ2v) is 3.54. The van der Waals surface area contributed by atoms with Gasteiger partial charge < -0.3 is 4.55 Å². The second-order valence-electron chi connectivity index (χ2n) is 2.43. The summed E-state index contributed by atoms with van der Waals surface area (Å²) in [6.07, 6.45) is 0. The molecule has 1 aromatic rings. The van der Waals surface area contributed by atoms with Crippen LogP contribution in [0, 0.1) is 6.92 Å². The van der Waals surface area contributed by atoms with E-state index in [2.05, 4.69) is 0 Å². The Bertz CT molecular complexity index is 377. The van der Waals surface area contributed by atoms with Crippen molar-refractivity contribution in [2.45, 2.75) is 6.92 Å². The molecule has 0 atom stereocenters. The first-order valence-electron chi connectivity index (χ1n) is 3.28. The van der Waals surface area contributed by atoms with Crippen molar-refractivity contribution >= 4 is 16.0 Å². The number of nitrogens with one attached hydrogen (secondary N) is 1. The summed E-state index contributed by atoms with van der Waals surface area (Å²) >= 11 is 0. The van der Waals surface area contributed by atoms with E-state index in [4.69, 9.17) is 0 Å². The summed E-state index contributed by atoms with van der Waals surface area (Å²) in [6.45, 7) is 1.81. The van der Waals surface area contributed by atoms with Crippen LogP contribution in [0.15, 0.2) is 24.3 Å². The zero-order chi connectivity index (χ0) is 9.19. The topological polar surface area (TPSA) is 69.2 Å². The molecule has 1 aromatic carbocycles. The normalized spacial score (nSPS) is 10.3. The SMILES string of the molecule is Cc1cccc(NS(=O)(=O)[O-])c1.[Na+]. The van der Waals surface area contributed by atoms with Gasteiger partial charge in [-0.2, -0.15) is 0 Å². The van der Waals surface area contributed by atoms with Gasteiger partial charge in [0.05, 0.1) is 0 Å². The number of anilines is 1. The Morgan fingerprint density at radius 1 is 1.38 bits per heavy atom. The van der Waals surface area contributed by atoms with Crippen LogP contribution in [0.4, 0.5) is 5.69 Å². The average Bonchev–Trinajstić information content (AvgIpc) is 1.82. The Hall–Kier alpha value is -0.0700. The zero-order valence-electron chi connectivity index (χ0n) is 7.44. The number of rotatable bonds is 2. The van der Waals surface area contributed by atoms with E-state index in [1.807, 2.05) is 17.7 Å². The molecule has 66 valence electrons. The van der Waals surface area contributed by atoms with E-state index < -0.39 is 10.3 Å². The Kier molecular flexibility index (Phi) is 4.95. The molecule has 0 aliphatic carbocycles. The van der Waals surface area contributed by atoms with Crippen molar-refractivity contribution in [2.75, 3.05) is 4.72 Å². The molecule has 0 unspecified atom stereocenters. The molecular weight excluding hydrogens is 201 g/mol. The maximum atomic E-state index is 10.2. The van der Waals surface area contributed by atoms with Gasteiger partial charge in [0.1, 0.15) is 0 Å². The molecule has 4 nitrogen and oxygen atoms in total. The van der Waals surface area contributed by atoms with Crippen LogP contribution in [0.25, 0.3) is 0 Å². The van der Waals surface area contributed by atoms with Crippen LogP contribution < -0.4 is 34.3 Å². The molecule has 13 heavy (non-hydrogen) atoms. The number of hydrogen-bond acceptors (Lipinski definition) is 3. The van der Waals surface area contributed by atoms with Gasteiger partial charge in [0.25, 0.3) is 0 Å². The monoisotopic (exact) mass is 209 g/mol. The van der Waals surface area contributed by atoms with E-state index in [9.17, 15) is 13.0 Å². The van der Waals surface area contributed by atoms with Gasteiger partial charge in [0.15, 0.2) is 10.3 Å². The molecule has 0 bridgehead atoms. The summed E-state index contributed by atoms with van der Waals surface area (Å²) in [5.74, 6) is 0. The number of aryl methyl sites for hydroxylation is 1. The van der Waals surface area contributed by atoms with Crippen molar-refractivity contribution < 1.29 is 42.5 Å². The van der Waals surface area contributed by atoms with E-state index >= 15 is 0 Å². The predicted molar refractivity (Wildman–Crippen MR) is 44.5 cm³/mol. The van der Waals surface area contributed by atoms with Crippen LogP contribution in [0.5, 0.6) is 0 Å². The van der Waals surface area contributed by atoms with Gasteiger partial charge in [0.2, 0.25) is 0 Å². The summed E-state index contributed by atoms with van der Waals surface area (Å²) in [6, 6.07) is 6.57. The van der Waals surface area contributed by atoms with Gasteiger partial charge in [-0.1, -0.05) is 12.1 Å². The molecule has 0 aromatic heterocycles. The van der Waals surface area contributed by atoms with Gasteiger partial charge >= 0.3 is 29.6 Å². The fourth-order valence-corrected chi connectivity index (χ4v) is 1.27. The van der Waals surface area contributed by atoms with Crippen LogP contribution in [0.1, 0.15) is 5.56 Å². The van der Waals surface area contributed by atoms with E-state index in [-0.39, 0.29) is 29.6 Å². The molecule has 6 heteroatoms. The van der Waals surface area contributed by atoms with Crippen molar-refractivity contribution in [1.29, 1.82) is 0 Å². The third-order valence-electron chi connectivity index (χ3n) is 1.26. The fourth-order valence-electron chi connectivity index (χ4n) is 0.853. The van der Waals surface area contributed by atoms with Gasteiger partial charge in [0, 0.05) is 5.69 Å². The Labute approximate surface area is 99.5 Å². The fraction of sp³-hybridized carbons (Fsp3) is 0.143. The minimum absolute atomic E-state index is 0. The molecule has 0 amide bonds. The van der Waals surface area contributed by atoms with Crippen molar-refractivity contribution in [2.24, 2.45) is 0 Å². The minimum atomic E-state index is -4.39. The van der Waals surface area contributed by atoms with E-state index in [1.165, 1.54) is 6.07 Å². The third kappa shape index (κ3) is 5.28. The van der Waals surface area contributed by atoms with Gasteiger partial charge in [-0.3, -0.25) is 4.72 Å². The quantitative estimate of drug-likeness (QED) is 0.447. The standard InChI is InChI=1S/C7H9NO3S.Na/c1-6-3-2-4-7(5-6)8-12(9,10)11;/h2-5,8H,1H3,(H,9,10,11);/q;+1/p-1. The molecule has 0 spiro atoms. The molecule has 0 saturated heterocycles. The largest absolute Gasteiger partial charge is 1.00 e. The Morgan fingerprint density at radius 2 is 2.00 bits per heavy atom. The summed E-state index contributed by atoms with van der Waals surface area (Å²) in [4.78, 5) is 0. The number of hydrogen-bond donors (Lipinski definition) is 1. The van der Waals surface area contributed by atoms with Crippen molar-refractivity contribution in [3.63, 3.8) is 0 Å².